The molecule has 1 aliphatic heterocycles. The van der Waals surface area contributed by atoms with E-state index in [1.54, 1.807) is 0 Å². The van der Waals surface area contributed by atoms with Crippen LogP contribution in [0.2, 0.25) is 0 Å². The second kappa shape index (κ2) is 5.50. The zero-order valence-corrected chi connectivity index (χ0v) is 12.0. The maximum absolute atomic E-state index is 5.90. The molecule has 2 nitrogen and oxygen atoms in total. The molecule has 0 radical (unpaired) electrons. The first kappa shape index (κ1) is 12.9. The van der Waals surface area contributed by atoms with Crippen LogP contribution in [-0.4, -0.2) is 30.1 Å². The van der Waals surface area contributed by atoms with Gasteiger partial charge in [-0.25, -0.2) is 0 Å². The number of likely N-dealkylation sites (tertiary alicyclic amines) is 1. The van der Waals surface area contributed by atoms with E-state index in [1.165, 1.54) is 57.9 Å². The Morgan fingerprint density at radius 1 is 1.00 bits per heavy atom. The van der Waals surface area contributed by atoms with Gasteiger partial charge in [0.2, 0.25) is 0 Å². The van der Waals surface area contributed by atoms with Crippen molar-refractivity contribution in [2.75, 3.05) is 13.1 Å². The highest BCUT2D eigenvalue weighted by Crippen LogP contribution is 2.45. The van der Waals surface area contributed by atoms with Gasteiger partial charge >= 0.3 is 0 Å². The minimum Gasteiger partial charge on any atom is -0.330 e. The fourth-order valence-corrected chi connectivity index (χ4v) is 4.41. The summed E-state index contributed by atoms with van der Waals surface area (Å²) in [5.74, 6) is 2.94. The lowest BCUT2D eigenvalue weighted by molar-refractivity contribution is 0.0404. The minimum absolute atomic E-state index is 0.766. The van der Waals surface area contributed by atoms with Crippen LogP contribution in [0, 0.1) is 17.8 Å². The first-order valence-corrected chi connectivity index (χ1v) is 8.23. The Morgan fingerprint density at radius 3 is 2.56 bits per heavy atom. The Balaban J connectivity index is 1.60. The monoisotopic (exact) mass is 250 g/mol. The summed E-state index contributed by atoms with van der Waals surface area (Å²) in [5.41, 5.74) is 5.90. The van der Waals surface area contributed by atoms with Crippen molar-refractivity contribution < 1.29 is 0 Å². The number of nitrogens with two attached hydrogens (primary N) is 1. The Hall–Kier alpha value is -0.0800. The highest BCUT2D eigenvalue weighted by Gasteiger charge is 2.38. The van der Waals surface area contributed by atoms with Crippen LogP contribution >= 0.6 is 0 Å². The molecule has 18 heavy (non-hydrogen) atoms. The molecule has 1 saturated heterocycles. The molecule has 3 aliphatic rings. The van der Waals surface area contributed by atoms with E-state index in [2.05, 4.69) is 11.8 Å². The third-order valence-electron chi connectivity index (χ3n) is 5.81. The molecule has 3 rings (SSSR count). The van der Waals surface area contributed by atoms with Crippen LogP contribution in [0.1, 0.15) is 58.3 Å². The van der Waals surface area contributed by atoms with E-state index in [-0.39, 0.29) is 0 Å². The van der Waals surface area contributed by atoms with Crippen molar-refractivity contribution in [3.63, 3.8) is 0 Å². The lowest BCUT2D eigenvalue weighted by atomic mass is 9.80. The van der Waals surface area contributed by atoms with Crippen LogP contribution < -0.4 is 5.73 Å². The number of hydrogen-bond acceptors (Lipinski definition) is 2. The van der Waals surface area contributed by atoms with Crippen LogP contribution in [0.5, 0.6) is 0 Å². The summed E-state index contributed by atoms with van der Waals surface area (Å²) in [7, 11) is 0. The molecule has 4 atom stereocenters. The summed E-state index contributed by atoms with van der Waals surface area (Å²) in [5, 5.41) is 0. The third-order valence-corrected chi connectivity index (χ3v) is 5.81. The summed E-state index contributed by atoms with van der Waals surface area (Å²) < 4.78 is 0. The minimum atomic E-state index is 0.766. The van der Waals surface area contributed by atoms with Gasteiger partial charge in [-0.2, -0.15) is 0 Å². The number of piperidine rings is 1. The Bertz CT molecular complexity index is 274. The lowest BCUT2D eigenvalue weighted by Gasteiger charge is -2.45. The smallest absolute Gasteiger partial charge is 0.0101 e. The molecular weight excluding hydrogens is 220 g/mol. The Labute approximate surface area is 112 Å². The standard InChI is InChI=1S/C16H30N2/c1-12-5-6-13(10-17)11-18(12)16-4-2-3-15(9-16)14-7-8-14/h12-16H,2-11,17H2,1H3. The van der Waals surface area contributed by atoms with Crippen molar-refractivity contribution in [3.05, 3.63) is 0 Å². The van der Waals surface area contributed by atoms with Crippen molar-refractivity contribution in [1.29, 1.82) is 0 Å². The van der Waals surface area contributed by atoms with Crippen molar-refractivity contribution in [1.82, 2.24) is 4.90 Å². The first-order chi connectivity index (χ1) is 8.78. The highest BCUT2D eigenvalue weighted by atomic mass is 15.2. The molecule has 2 saturated carbocycles. The molecule has 0 amide bonds. The average molecular weight is 250 g/mol. The Morgan fingerprint density at radius 2 is 1.83 bits per heavy atom. The number of rotatable bonds is 3. The molecule has 0 aromatic heterocycles. The molecule has 2 aliphatic carbocycles. The second-order valence-electron chi connectivity index (χ2n) is 7.14. The van der Waals surface area contributed by atoms with Gasteiger partial charge in [-0.05, 0) is 69.7 Å². The summed E-state index contributed by atoms with van der Waals surface area (Å²) in [6.07, 6.45) is 11.7. The Kier molecular flexibility index (Phi) is 3.95. The molecule has 104 valence electrons. The van der Waals surface area contributed by atoms with Crippen molar-refractivity contribution >= 4 is 0 Å². The summed E-state index contributed by atoms with van der Waals surface area (Å²) >= 11 is 0. The van der Waals surface area contributed by atoms with Crippen LogP contribution in [0.25, 0.3) is 0 Å². The summed E-state index contributed by atoms with van der Waals surface area (Å²) in [4.78, 5) is 2.83. The summed E-state index contributed by atoms with van der Waals surface area (Å²) in [6.45, 7) is 4.61. The molecule has 0 aromatic carbocycles. The molecule has 0 bridgehead atoms. The van der Waals surface area contributed by atoms with Gasteiger partial charge in [-0.3, -0.25) is 4.90 Å². The van der Waals surface area contributed by atoms with E-state index < -0.39 is 0 Å². The van der Waals surface area contributed by atoms with E-state index in [4.69, 9.17) is 5.73 Å². The van der Waals surface area contributed by atoms with Crippen molar-refractivity contribution in [3.8, 4) is 0 Å². The largest absolute Gasteiger partial charge is 0.330 e. The molecule has 2 heteroatoms. The summed E-state index contributed by atoms with van der Waals surface area (Å²) in [6, 6.07) is 1.68. The molecular formula is C16H30N2. The third kappa shape index (κ3) is 2.75. The average Bonchev–Trinajstić information content (AvgIpc) is 3.24. The van der Waals surface area contributed by atoms with E-state index in [0.29, 0.717) is 0 Å². The SMILES string of the molecule is CC1CCC(CN)CN1C1CCCC(C2CC2)C1. The topological polar surface area (TPSA) is 29.3 Å². The number of hydrogen-bond donors (Lipinski definition) is 1. The zero-order valence-electron chi connectivity index (χ0n) is 12.0. The van der Waals surface area contributed by atoms with Gasteiger partial charge in [0.1, 0.15) is 0 Å². The molecule has 1 heterocycles. The van der Waals surface area contributed by atoms with Crippen molar-refractivity contribution in [2.45, 2.75) is 70.4 Å². The van der Waals surface area contributed by atoms with Crippen LogP contribution in [0.3, 0.4) is 0 Å². The second-order valence-corrected chi connectivity index (χ2v) is 7.14. The van der Waals surface area contributed by atoms with Gasteiger partial charge in [-0.15, -0.1) is 0 Å². The highest BCUT2D eigenvalue weighted by molar-refractivity contribution is 4.92. The zero-order chi connectivity index (χ0) is 12.5. The van der Waals surface area contributed by atoms with Crippen LogP contribution in [0.4, 0.5) is 0 Å². The maximum atomic E-state index is 5.90. The van der Waals surface area contributed by atoms with Gasteiger partial charge in [-0.1, -0.05) is 12.8 Å². The molecule has 3 fully saturated rings. The first-order valence-electron chi connectivity index (χ1n) is 8.23. The lowest BCUT2D eigenvalue weighted by Crippen LogP contribution is -2.50. The van der Waals surface area contributed by atoms with E-state index >= 15 is 0 Å². The maximum Gasteiger partial charge on any atom is 0.0101 e. The predicted molar refractivity (Wildman–Crippen MR) is 76.4 cm³/mol. The van der Waals surface area contributed by atoms with E-state index in [1.807, 2.05) is 0 Å². The molecule has 2 N–H and O–H groups in total. The fraction of sp³-hybridized carbons (Fsp3) is 1.00. The quantitative estimate of drug-likeness (QED) is 0.834. The van der Waals surface area contributed by atoms with Crippen LogP contribution in [0.15, 0.2) is 0 Å². The van der Waals surface area contributed by atoms with Gasteiger partial charge in [0.05, 0.1) is 0 Å². The molecule has 0 spiro atoms. The van der Waals surface area contributed by atoms with Gasteiger partial charge < -0.3 is 5.73 Å². The predicted octanol–water partition coefficient (Wildman–Crippen LogP) is 3.01. The van der Waals surface area contributed by atoms with Gasteiger partial charge in [0.25, 0.3) is 0 Å². The fourth-order valence-electron chi connectivity index (χ4n) is 4.41. The van der Waals surface area contributed by atoms with Crippen LogP contribution in [-0.2, 0) is 0 Å². The molecule has 0 aromatic rings. The van der Waals surface area contributed by atoms with Gasteiger partial charge in [0, 0.05) is 18.6 Å². The molecule has 4 unspecified atom stereocenters. The normalized spacial score (nSPS) is 43.0. The van der Waals surface area contributed by atoms with Gasteiger partial charge in [0.15, 0.2) is 0 Å². The van der Waals surface area contributed by atoms with E-state index in [0.717, 1.165) is 36.4 Å². The van der Waals surface area contributed by atoms with Crippen molar-refractivity contribution in [2.24, 2.45) is 23.5 Å². The van der Waals surface area contributed by atoms with E-state index in [9.17, 15) is 0 Å². The number of nitrogens with zero attached hydrogens (tertiary/aromatic N) is 1.